The monoisotopic (exact) mass is 285 g/mol. The molecule has 1 aromatic carbocycles. The van der Waals surface area contributed by atoms with Gasteiger partial charge < -0.3 is 14.6 Å². The molecule has 4 heteroatoms. The van der Waals surface area contributed by atoms with Gasteiger partial charge in [-0.15, -0.1) is 0 Å². The fourth-order valence-electron chi connectivity index (χ4n) is 2.85. The standard InChI is InChI=1S/C17H23N3O/c1-3-18-11-16-12-19-13(2)20(16)8-6-14-4-5-17-15(10-14)7-9-21-17/h4-5,10,12,18H,3,6-9,11H2,1-2H3. The van der Waals surface area contributed by atoms with Crippen LogP contribution in [-0.2, 0) is 25.9 Å². The summed E-state index contributed by atoms with van der Waals surface area (Å²) in [4.78, 5) is 4.44. The number of hydrogen-bond acceptors (Lipinski definition) is 3. The van der Waals surface area contributed by atoms with Gasteiger partial charge in [-0.05, 0) is 37.1 Å². The van der Waals surface area contributed by atoms with Crippen LogP contribution in [0.25, 0.3) is 0 Å². The Morgan fingerprint density at radius 1 is 1.38 bits per heavy atom. The number of benzene rings is 1. The Morgan fingerprint density at radius 3 is 3.14 bits per heavy atom. The van der Waals surface area contributed by atoms with Crippen molar-refractivity contribution in [3.8, 4) is 5.75 Å². The Morgan fingerprint density at radius 2 is 2.29 bits per heavy atom. The van der Waals surface area contributed by atoms with E-state index < -0.39 is 0 Å². The van der Waals surface area contributed by atoms with E-state index in [1.165, 1.54) is 16.8 Å². The first-order valence-corrected chi connectivity index (χ1v) is 7.74. The number of imidazole rings is 1. The highest BCUT2D eigenvalue weighted by atomic mass is 16.5. The number of hydrogen-bond donors (Lipinski definition) is 1. The maximum atomic E-state index is 5.56. The van der Waals surface area contributed by atoms with E-state index in [4.69, 9.17) is 4.74 Å². The molecule has 0 radical (unpaired) electrons. The average molecular weight is 285 g/mol. The molecule has 2 aromatic rings. The third-order valence-corrected chi connectivity index (χ3v) is 4.07. The van der Waals surface area contributed by atoms with E-state index in [-0.39, 0.29) is 0 Å². The Hall–Kier alpha value is -1.81. The predicted octanol–water partition coefficient (Wildman–Crippen LogP) is 2.48. The lowest BCUT2D eigenvalue weighted by molar-refractivity contribution is 0.357. The zero-order chi connectivity index (χ0) is 14.7. The summed E-state index contributed by atoms with van der Waals surface area (Å²) in [6, 6.07) is 6.58. The smallest absolute Gasteiger partial charge is 0.122 e. The van der Waals surface area contributed by atoms with Gasteiger partial charge in [-0.2, -0.15) is 0 Å². The van der Waals surface area contributed by atoms with Crippen LogP contribution in [0.1, 0.15) is 29.6 Å². The Bertz CT molecular complexity index is 618. The number of ether oxygens (including phenoxy) is 1. The van der Waals surface area contributed by atoms with Gasteiger partial charge >= 0.3 is 0 Å². The fourth-order valence-corrected chi connectivity index (χ4v) is 2.85. The van der Waals surface area contributed by atoms with E-state index in [0.29, 0.717) is 0 Å². The minimum absolute atomic E-state index is 0.826. The van der Waals surface area contributed by atoms with Crippen LogP contribution in [0, 0.1) is 6.92 Å². The molecule has 0 spiro atoms. The molecule has 1 N–H and O–H groups in total. The minimum atomic E-state index is 0.826. The van der Waals surface area contributed by atoms with Crippen molar-refractivity contribution >= 4 is 0 Å². The molecule has 112 valence electrons. The van der Waals surface area contributed by atoms with Crippen LogP contribution in [-0.4, -0.2) is 22.7 Å². The summed E-state index contributed by atoms with van der Waals surface area (Å²) in [7, 11) is 0. The van der Waals surface area contributed by atoms with Gasteiger partial charge in [0.15, 0.2) is 0 Å². The maximum Gasteiger partial charge on any atom is 0.122 e. The van der Waals surface area contributed by atoms with E-state index in [0.717, 1.165) is 50.7 Å². The number of nitrogens with zero attached hydrogens (tertiary/aromatic N) is 2. The molecule has 0 aliphatic carbocycles. The summed E-state index contributed by atoms with van der Waals surface area (Å²) in [5.41, 5.74) is 3.99. The van der Waals surface area contributed by atoms with Crippen LogP contribution in [0.15, 0.2) is 24.4 Å². The highest BCUT2D eigenvalue weighted by Gasteiger charge is 2.12. The molecule has 21 heavy (non-hydrogen) atoms. The average Bonchev–Trinajstić information content (AvgIpc) is 3.09. The second kappa shape index (κ2) is 6.31. The Labute approximate surface area is 126 Å². The van der Waals surface area contributed by atoms with Gasteiger partial charge in [0.1, 0.15) is 11.6 Å². The highest BCUT2D eigenvalue weighted by Crippen LogP contribution is 2.26. The van der Waals surface area contributed by atoms with Gasteiger partial charge in [-0.3, -0.25) is 0 Å². The number of aryl methyl sites for hydroxylation is 2. The first-order valence-electron chi connectivity index (χ1n) is 7.74. The summed E-state index contributed by atoms with van der Waals surface area (Å²) >= 11 is 0. The van der Waals surface area contributed by atoms with Crippen LogP contribution in [0.2, 0.25) is 0 Å². The summed E-state index contributed by atoms with van der Waals surface area (Å²) in [6.45, 7) is 7.87. The fraction of sp³-hybridized carbons (Fsp3) is 0.471. The van der Waals surface area contributed by atoms with Gasteiger partial charge in [0.2, 0.25) is 0 Å². The largest absolute Gasteiger partial charge is 0.493 e. The van der Waals surface area contributed by atoms with E-state index in [1.54, 1.807) is 0 Å². The third-order valence-electron chi connectivity index (χ3n) is 4.07. The molecule has 0 unspecified atom stereocenters. The lowest BCUT2D eigenvalue weighted by Crippen LogP contribution is -2.16. The normalized spacial score (nSPS) is 13.2. The summed E-state index contributed by atoms with van der Waals surface area (Å²) in [5.74, 6) is 2.15. The minimum Gasteiger partial charge on any atom is -0.493 e. The van der Waals surface area contributed by atoms with E-state index >= 15 is 0 Å². The molecule has 1 aliphatic heterocycles. The summed E-state index contributed by atoms with van der Waals surface area (Å²) in [6.07, 6.45) is 4.05. The van der Waals surface area contributed by atoms with Crippen LogP contribution >= 0.6 is 0 Å². The second-order valence-electron chi connectivity index (χ2n) is 5.52. The van der Waals surface area contributed by atoms with Crippen molar-refractivity contribution in [3.63, 3.8) is 0 Å². The highest BCUT2D eigenvalue weighted by molar-refractivity contribution is 5.39. The molecule has 0 saturated heterocycles. The van der Waals surface area contributed by atoms with Crippen molar-refractivity contribution in [2.45, 2.75) is 39.8 Å². The van der Waals surface area contributed by atoms with E-state index in [9.17, 15) is 0 Å². The summed E-state index contributed by atoms with van der Waals surface area (Å²) < 4.78 is 7.87. The maximum absolute atomic E-state index is 5.56. The topological polar surface area (TPSA) is 39.1 Å². The number of rotatable bonds is 6. The lowest BCUT2D eigenvalue weighted by atomic mass is 10.1. The van der Waals surface area contributed by atoms with Crippen molar-refractivity contribution in [1.29, 1.82) is 0 Å². The molecule has 4 nitrogen and oxygen atoms in total. The number of aromatic nitrogens is 2. The Balaban J connectivity index is 1.68. The van der Waals surface area contributed by atoms with Crippen LogP contribution in [0.5, 0.6) is 5.75 Å². The molecular formula is C17H23N3O. The van der Waals surface area contributed by atoms with Gasteiger partial charge in [0, 0.05) is 25.7 Å². The van der Waals surface area contributed by atoms with E-state index in [2.05, 4.69) is 46.9 Å². The second-order valence-corrected chi connectivity index (χ2v) is 5.52. The first kappa shape index (κ1) is 14.1. The molecule has 0 saturated carbocycles. The van der Waals surface area contributed by atoms with Crippen molar-refractivity contribution in [3.05, 3.63) is 47.0 Å². The lowest BCUT2D eigenvalue weighted by Gasteiger charge is -2.11. The van der Waals surface area contributed by atoms with Gasteiger partial charge in [0.25, 0.3) is 0 Å². The number of fused-ring (bicyclic) bond motifs is 1. The molecule has 0 fully saturated rings. The summed E-state index contributed by atoms with van der Waals surface area (Å²) in [5, 5.41) is 3.37. The van der Waals surface area contributed by atoms with Crippen molar-refractivity contribution < 1.29 is 4.74 Å². The van der Waals surface area contributed by atoms with Crippen molar-refractivity contribution in [1.82, 2.24) is 14.9 Å². The molecule has 1 aromatic heterocycles. The molecule has 3 rings (SSSR count). The van der Waals surface area contributed by atoms with Gasteiger partial charge in [-0.25, -0.2) is 4.98 Å². The van der Waals surface area contributed by atoms with Crippen LogP contribution < -0.4 is 10.1 Å². The molecule has 0 amide bonds. The molecule has 2 heterocycles. The zero-order valence-corrected chi connectivity index (χ0v) is 12.9. The van der Waals surface area contributed by atoms with Gasteiger partial charge in [0.05, 0.1) is 12.3 Å². The Kier molecular flexibility index (Phi) is 4.25. The zero-order valence-electron chi connectivity index (χ0n) is 12.9. The quantitative estimate of drug-likeness (QED) is 0.886. The van der Waals surface area contributed by atoms with Gasteiger partial charge in [-0.1, -0.05) is 19.1 Å². The predicted molar refractivity (Wildman–Crippen MR) is 83.7 cm³/mol. The molecular weight excluding hydrogens is 262 g/mol. The third kappa shape index (κ3) is 3.10. The molecule has 0 atom stereocenters. The first-order chi connectivity index (χ1) is 10.3. The van der Waals surface area contributed by atoms with Crippen LogP contribution in [0.3, 0.4) is 0 Å². The van der Waals surface area contributed by atoms with Crippen molar-refractivity contribution in [2.75, 3.05) is 13.2 Å². The number of nitrogens with one attached hydrogen (secondary N) is 1. The van der Waals surface area contributed by atoms with Crippen LogP contribution in [0.4, 0.5) is 0 Å². The molecule has 1 aliphatic rings. The van der Waals surface area contributed by atoms with Crippen molar-refractivity contribution in [2.24, 2.45) is 0 Å². The SMILES string of the molecule is CCNCc1cnc(C)n1CCc1ccc2c(c1)CCO2. The van der Waals surface area contributed by atoms with E-state index in [1.807, 2.05) is 6.20 Å². The molecule has 0 bridgehead atoms.